The van der Waals surface area contributed by atoms with Gasteiger partial charge in [-0.3, -0.25) is 0 Å². The van der Waals surface area contributed by atoms with Crippen LogP contribution in [0.15, 0.2) is 24.3 Å². The number of halogens is 1. The SMILES string of the molecule is CCNc1cc(C)nc(-c2ccc(OC)c(Cl)c2)n1. The van der Waals surface area contributed by atoms with Crippen LogP contribution < -0.4 is 10.1 Å². The lowest BCUT2D eigenvalue weighted by molar-refractivity contribution is 0.415. The summed E-state index contributed by atoms with van der Waals surface area (Å²) >= 11 is 6.12. The monoisotopic (exact) mass is 277 g/mol. The molecule has 100 valence electrons. The Hall–Kier alpha value is -1.81. The number of aryl methyl sites for hydroxylation is 1. The molecule has 1 aromatic heterocycles. The number of aromatic nitrogens is 2. The number of hydrogen-bond acceptors (Lipinski definition) is 4. The van der Waals surface area contributed by atoms with Gasteiger partial charge in [0.15, 0.2) is 5.82 Å². The average Bonchev–Trinajstić information content (AvgIpc) is 2.38. The van der Waals surface area contributed by atoms with Gasteiger partial charge in [-0.2, -0.15) is 0 Å². The number of nitrogens with one attached hydrogen (secondary N) is 1. The summed E-state index contributed by atoms with van der Waals surface area (Å²) in [5.74, 6) is 2.11. The maximum absolute atomic E-state index is 6.12. The molecule has 2 aromatic rings. The van der Waals surface area contributed by atoms with Crippen LogP contribution >= 0.6 is 11.6 Å². The molecule has 0 unspecified atom stereocenters. The minimum absolute atomic E-state index is 0.551. The molecule has 0 fully saturated rings. The highest BCUT2D eigenvalue weighted by atomic mass is 35.5. The molecule has 1 N–H and O–H groups in total. The van der Waals surface area contributed by atoms with E-state index in [4.69, 9.17) is 16.3 Å². The van der Waals surface area contributed by atoms with Crippen LogP contribution in [0.1, 0.15) is 12.6 Å². The van der Waals surface area contributed by atoms with Crippen LogP contribution in [0, 0.1) is 6.92 Å². The first-order valence-electron chi connectivity index (χ1n) is 6.07. The highest BCUT2D eigenvalue weighted by molar-refractivity contribution is 6.32. The third-order valence-electron chi connectivity index (χ3n) is 2.62. The van der Waals surface area contributed by atoms with Gasteiger partial charge >= 0.3 is 0 Å². The zero-order valence-corrected chi connectivity index (χ0v) is 12.0. The van der Waals surface area contributed by atoms with Crippen LogP contribution in [0.3, 0.4) is 0 Å². The molecule has 0 saturated carbocycles. The van der Waals surface area contributed by atoms with Crippen molar-refractivity contribution in [2.45, 2.75) is 13.8 Å². The van der Waals surface area contributed by atoms with Crippen molar-refractivity contribution in [1.29, 1.82) is 0 Å². The molecule has 0 atom stereocenters. The van der Waals surface area contributed by atoms with E-state index < -0.39 is 0 Å². The molecule has 1 aromatic carbocycles. The van der Waals surface area contributed by atoms with Gasteiger partial charge < -0.3 is 10.1 Å². The van der Waals surface area contributed by atoms with Gasteiger partial charge in [-0.1, -0.05) is 11.6 Å². The topological polar surface area (TPSA) is 47.0 Å². The molecule has 5 heteroatoms. The van der Waals surface area contributed by atoms with Gasteiger partial charge in [0.1, 0.15) is 11.6 Å². The summed E-state index contributed by atoms with van der Waals surface area (Å²) < 4.78 is 5.14. The first kappa shape index (κ1) is 13.6. The Bertz CT molecular complexity index is 587. The van der Waals surface area contributed by atoms with Crippen LogP contribution in [0.4, 0.5) is 5.82 Å². The first-order chi connectivity index (χ1) is 9.13. The van der Waals surface area contributed by atoms with Crippen molar-refractivity contribution >= 4 is 17.4 Å². The fourth-order valence-corrected chi connectivity index (χ4v) is 2.03. The van der Waals surface area contributed by atoms with Crippen molar-refractivity contribution in [3.8, 4) is 17.1 Å². The first-order valence-corrected chi connectivity index (χ1v) is 6.45. The summed E-state index contributed by atoms with van der Waals surface area (Å²) in [6.07, 6.45) is 0. The van der Waals surface area contributed by atoms with E-state index in [1.165, 1.54) is 0 Å². The molecule has 0 spiro atoms. The van der Waals surface area contributed by atoms with Gasteiger partial charge in [0.25, 0.3) is 0 Å². The van der Waals surface area contributed by atoms with Gasteiger partial charge in [-0.05, 0) is 32.0 Å². The quantitative estimate of drug-likeness (QED) is 0.928. The van der Waals surface area contributed by atoms with Gasteiger partial charge in [-0.25, -0.2) is 9.97 Å². The van der Waals surface area contributed by atoms with Crippen LogP contribution in [0.5, 0.6) is 5.75 Å². The molecule has 2 rings (SSSR count). The van der Waals surface area contributed by atoms with Crippen molar-refractivity contribution in [1.82, 2.24) is 9.97 Å². The van der Waals surface area contributed by atoms with E-state index in [1.807, 2.05) is 38.1 Å². The molecule has 0 aliphatic carbocycles. The fourth-order valence-electron chi connectivity index (χ4n) is 1.77. The van der Waals surface area contributed by atoms with Gasteiger partial charge in [0, 0.05) is 23.9 Å². The second-order valence-corrected chi connectivity index (χ2v) is 4.51. The minimum Gasteiger partial charge on any atom is -0.495 e. The Morgan fingerprint density at radius 2 is 2.05 bits per heavy atom. The van der Waals surface area contributed by atoms with Crippen molar-refractivity contribution in [3.05, 3.63) is 35.0 Å². The molecule has 4 nitrogen and oxygen atoms in total. The number of ether oxygens (including phenoxy) is 1. The Labute approximate surface area is 117 Å². The molecule has 0 saturated heterocycles. The largest absolute Gasteiger partial charge is 0.495 e. The van der Waals surface area contributed by atoms with Crippen molar-refractivity contribution in [3.63, 3.8) is 0 Å². The molecule has 0 bridgehead atoms. The minimum atomic E-state index is 0.551. The van der Waals surface area contributed by atoms with Crippen LogP contribution in [-0.4, -0.2) is 23.6 Å². The third kappa shape index (κ3) is 3.15. The second kappa shape index (κ2) is 5.89. The zero-order valence-electron chi connectivity index (χ0n) is 11.2. The molecular formula is C14H16ClN3O. The Morgan fingerprint density at radius 1 is 1.26 bits per heavy atom. The van der Waals surface area contributed by atoms with E-state index >= 15 is 0 Å². The van der Waals surface area contributed by atoms with Gasteiger partial charge in [0.2, 0.25) is 0 Å². The lowest BCUT2D eigenvalue weighted by Crippen LogP contribution is -2.02. The van der Waals surface area contributed by atoms with Crippen molar-refractivity contribution in [2.24, 2.45) is 0 Å². The Kier molecular flexibility index (Phi) is 4.22. The predicted molar refractivity (Wildman–Crippen MR) is 77.9 cm³/mol. The number of methoxy groups -OCH3 is 1. The summed E-state index contributed by atoms with van der Waals surface area (Å²) in [5, 5.41) is 3.74. The summed E-state index contributed by atoms with van der Waals surface area (Å²) in [7, 11) is 1.59. The number of nitrogens with zero attached hydrogens (tertiary/aromatic N) is 2. The van der Waals surface area contributed by atoms with E-state index in [-0.39, 0.29) is 0 Å². The maximum atomic E-state index is 6.12. The normalized spacial score (nSPS) is 10.3. The van der Waals surface area contributed by atoms with Crippen molar-refractivity contribution in [2.75, 3.05) is 19.0 Å². The number of rotatable bonds is 4. The summed E-state index contributed by atoms with van der Waals surface area (Å²) in [6.45, 7) is 4.79. The fraction of sp³-hybridized carbons (Fsp3) is 0.286. The van der Waals surface area contributed by atoms with Crippen LogP contribution in [0.2, 0.25) is 5.02 Å². The van der Waals surface area contributed by atoms with E-state index in [0.29, 0.717) is 16.6 Å². The van der Waals surface area contributed by atoms with Crippen LogP contribution in [0.25, 0.3) is 11.4 Å². The Balaban J connectivity index is 2.43. The molecule has 1 heterocycles. The number of benzene rings is 1. The Morgan fingerprint density at radius 3 is 2.68 bits per heavy atom. The van der Waals surface area contributed by atoms with E-state index in [9.17, 15) is 0 Å². The van der Waals surface area contributed by atoms with Gasteiger partial charge in [-0.15, -0.1) is 0 Å². The highest BCUT2D eigenvalue weighted by Gasteiger charge is 2.08. The predicted octanol–water partition coefficient (Wildman–Crippen LogP) is 3.55. The van der Waals surface area contributed by atoms with Crippen molar-refractivity contribution < 1.29 is 4.74 Å². The summed E-state index contributed by atoms with van der Waals surface area (Å²) in [4.78, 5) is 8.90. The van der Waals surface area contributed by atoms with Gasteiger partial charge in [0.05, 0.1) is 12.1 Å². The lowest BCUT2D eigenvalue weighted by Gasteiger charge is -2.08. The van der Waals surface area contributed by atoms with E-state index in [2.05, 4.69) is 15.3 Å². The molecule has 0 radical (unpaired) electrons. The summed E-state index contributed by atoms with van der Waals surface area (Å²) in [6, 6.07) is 7.44. The van der Waals surface area contributed by atoms with E-state index in [0.717, 1.165) is 23.6 Å². The number of hydrogen-bond donors (Lipinski definition) is 1. The highest BCUT2D eigenvalue weighted by Crippen LogP contribution is 2.29. The summed E-state index contributed by atoms with van der Waals surface area (Å²) in [5.41, 5.74) is 1.78. The number of anilines is 1. The third-order valence-corrected chi connectivity index (χ3v) is 2.92. The second-order valence-electron chi connectivity index (χ2n) is 4.10. The maximum Gasteiger partial charge on any atom is 0.161 e. The molecule has 0 amide bonds. The molecular weight excluding hydrogens is 262 g/mol. The zero-order chi connectivity index (χ0) is 13.8. The average molecular weight is 278 g/mol. The lowest BCUT2D eigenvalue weighted by atomic mass is 10.2. The molecule has 0 aliphatic rings. The molecule has 19 heavy (non-hydrogen) atoms. The smallest absolute Gasteiger partial charge is 0.161 e. The molecule has 0 aliphatic heterocycles. The van der Waals surface area contributed by atoms with Crippen LogP contribution in [-0.2, 0) is 0 Å². The van der Waals surface area contributed by atoms with E-state index in [1.54, 1.807) is 7.11 Å². The standard InChI is InChI=1S/C14H16ClN3O/c1-4-16-13-7-9(2)17-14(18-13)10-5-6-12(19-3)11(15)8-10/h5-8H,4H2,1-3H3,(H,16,17,18).